The van der Waals surface area contributed by atoms with Crippen LogP contribution in [-0.2, 0) is 0 Å². The van der Waals surface area contributed by atoms with E-state index in [0.717, 1.165) is 3.57 Å². The molecule has 2 unspecified atom stereocenters. The van der Waals surface area contributed by atoms with Crippen LogP contribution in [0.2, 0.25) is 0 Å². The van der Waals surface area contributed by atoms with E-state index in [2.05, 4.69) is 32.9 Å². The van der Waals surface area contributed by atoms with Gasteiger partial charge in [0.2, 0.25) is 0 Å². The molecule has 0 aliphatic heterocycles. The summed E-state index contributed by atoms with van der Waals surface area (Å²) in [6.07, 6.45) is 3.23. The number of carbonyl (C=O) groups is 1. The minimum atomic E-state index is -0.154. The average Bonchev–Trinajstić information content (AvgIpc) is 2.27. The van der Waals surface area contributed by atoms with Gasteiger partial charge in [-0.1, -0.05) is 6.92 Å². The summed E-state index contributed by atoms with van der Waals surface area (Å²) in [6.45, 7) is 3.82. The van der Waals surface area contributed by atoms with Crippen LogP contribution in [0.15, 0.2) is 18.5 Å². The van der Waals surface area contributed by atoms with Crippen LogP contribution in [0.4, 0.5) is 0 Å². The lowest BCUT2D eigenvalue weighted by molar-refractivity contribution is 0.0916. The van der Waals surface area contributed by atoms with Gasteiger partial charge in [0.15, 0.2) is 0 Å². The second kappa shape index (κ2) is 6.15. The van der Waals surface area contributed by atoms with Gasteiger partial charge >= 0.3 is 0 Å². The summed E-state index contributed by atoms with van der Waals surface area (Å²) in [4.78, 5) is 15.8. The number of hydrogen-bond donors (Lipinski definition) is 2. The lowest BCUT2D eigenvalue weighted by Crippen LogP contribution is -2.38. The molecule has 1 amide bonds. The van der Waals surface area contributed by atoms with Crippen molar-refractivity contribution in [1.29, 1.82) is 0 Å². The monoisotopic (exact) mass is 334 g/mol. The molecule has 0 spiro atoms. The van der Waals surface area contributed by atoms with Crippen molar-refractivity contribution in [2.75, 3.05) is 6.61 Å². The Bertz CT molecular complexity index is 371. The molecule has 2 N–H and O–H groups in total. The molecule has 0 aromatic carbocycles. The highest BCUT2D eigenvalue weighted by molar-refractivity contribution is 14.1. The van der Waals surface area contributed by atoms with Crippen LogP contribution in [0.3, 0.4) is 0 Å². The fourth-order valence-electron chi connectivity index (χ4n) is 1.13. The topological polar surface area (TPSA) is 62.2 Å². The largest absolute Gasteiger partial charge is 0.396 e. The van der Waals surface area contributed by atoms with E-state index < -0.39 is 0 Å². The molecule has 0 saturated carbocycles. The number of amides is 1. The molecule has 1 aromatic rings. The van der Waals surface area contributed by atoms with Gasteiger partial charge in [0.25, 0.3) is 5.91 Å². The first kappa shape index (κ1) is 13.4. The normalized spacial score (nSPS) is 14.2. The van der Waals surface area contributed by atoms with Crippen molar-refractivity contribution in [1.82, 2.24) is 10.3 Å². The summed E-state index contributed by atoms with van der Waals surface area (Å²) in [5.74, 6) is -0.112. The molecule has 88 valence electrons. The van der Waals surface area contributed by atoms with Crippen molar-refractivity contribution in [3.05, 3.63) is 27.6 Å². The van der Waals surface area contributed by atoms with Crippen molar-refractivity contribution in [3.63, 3.8) is 0 Å². The Hall–Kier alpha value is -0.690. The van der Waals surface area contributed by atoms with Crippen molar-refractivity contribution in [2.45, 2.75) is 19.9 Å². The van der Waals surface area contributed by atoms with Gasteiger partial charge < -0.3 is 10.4 Å². The molecule has 0 bridgehead atoms. The molecule has 0 aliphatic rings. The first-order valence-corrected chi connectivity index (χ1v) is 6.14. The van der Waals surface area contributed by atoms with Crippen LogP contribution in [0.5, 0.6) is 0 Å². The number of nitrogens with one attached hydrogen (secondary N) is 1. The number of rotatable bonds is 4. The first-order valence-electron chi connectivity index (χ1n) is 5.07. The zero-order valence-corrected chi connectivity index (χ0v) is 11.4. The third-order valence-corrected chi connectivity index (χ3v) is 3.06. The van der Waals surface area contributed by atoms with Gasteiger partial charge in [-0.05, 0) is 41.5 Å². The van der Waals surface area contributed by atoms with Crippen molar-refractivity contribution < 1.29 is 9.90 Å². The summed E-state index contributed by atoms with van der Waals surface area (Å²) < 4.78 is 0.924. The maximum absolute atomic E-state index is 11.8. The lowest BCUT2D eigenvalue weighted by Gasteiger charge is -2.19. The molecule has 4 nitrogen and oxygen atoms in total. The summed E-state index contributed by atoms with van der Waals surface area (Å²) in [7, 11) is 0. The molecule has 0 radical (unpaired) electrons. The SMILES string of the molecule is CC(CO)C(C)NC(=O)c1cncc(I)c1. The average molecular weight is 334 g/mol. The second-order valence-corrected chi connectivity index (χ2v) is 5.06. The van der Waals surface area contributed by atoms with Gasteiger partial charge in [0, 0.05) is 28.6 Å². The number of nitrogens with zero attached hydrogens (tertiary/aromatic N) is 1. The van der Waals surface area contributed by atoms with Crippen molar-refractivity contribution >= 4 is 28.5 Å². The van der Waals surface area contributed by atoms with Gasteiger partial charge in [-0.2, -0.15) is 0 Å². The smallest absolute Gasteiger partial charge is 0.253 e. The van der Waals surface area contributed by atoms with Gasteiger partial charge in [0.05, 0.1) is 5.56 Å². The number of aliphatic hydroxyl groups is 1. The third kappa shape index (κ3) is 3.71. The summed E-state index contributed by atoms with van der Waals surface area (Å²) >= 11 is 2.11. The number of hydrogen-bond acceptors (Lipinski definition) is 3. The van der Waals surface area contributed by atoms with Crippen LogP contribution in [-0.4, -0.2) is 28.6 Å². The van der Waals surface area contributed by atoms with E-state index in [9.17, 15) is 4.79 Å². The van der Waals surface area contributed by atoms with Crippen LogP contribution in [0.25, 0.3) is 0 Å². The number of aromatic nitrogens is 1. The van der Waals surface area contributed by atoms with Crippen molar-refractivity contribution in [2.24, 2.45) is 5.92 Å². The van der Waals surface area contributed by atoms with E-state index in [1.54, 1.807) is 12.3 Å². The molecule has 16 heavy (non-hydrogen) atoms. The van der Waals surface area contributed by atoms with Crippen LogP contribution >= 0.6 is 22.6 Å². The Morgan fingerprint density at radius 1 is 1.56 bits per heavy atom. The number of aliphatic hydroxyl groups excluding tert-OH is 1. The van der Waals surface area contributed by atoms with E-state index in [1.807, 2.05) is 13.8 Å². The predicted octanol–water partition coefficient (Wildman–Crippen LogP) is 1.43. The van der Waals surface area contributed by atoms with Crippen LogP contribution < -0.4 is 5.32 Å². The fraction of sp³-hybridized carbons (Fsp3) is 0.455. The zero-order chi connectivity index (χ0) is 12.1. The van der Waals surface area contributed by atoms with Gasteiger partial charge in [-0.25, -0.2) is 0 Å². The van der Waals surface area contributed by atoms with E-state index in [1.165, 1.54) is 6.20 Å². The fourth-order valence-corrected chi connectivity index (χ4v) is 1.62. The number of pyridine rings is 1. The summed E-state index contributed by atoms with van der Waals surface area (Å²) in [5, 5.41) is 11.8. The predicted molar refractivity (Wildman–Crippen MR) is 70.1 cm³/mol. The standard InChI is InChI=1S/C11H15IN2O2/c1-7(6-15)8(2)14-11(16)9-3-10(12)5-13-4-9/h3-5,7-8,15H,6H2,1-2H3,(H,14,16). The molecular formula is C11H15IN2O2. The Balaban J connectivity index is 2.66. The Morgan fingerprint density at radius 2 is 2.25 bits per heavy atom. The Labute approximate surface area is 109 Å². The van der Waals surface area contributed by atoms with E-state index in [0.29, 0.717) is 5.56 Å². The maximum atomic E-state index is 11.8. The molecule has 0 fully saturated rings. The minimum absolute atomic E-state index is 0.0414. The van der Waals surface area contributed by atoms with Crippen LogP contribution in [0.1, 0.15) is 24.2 Å². The van der Waals surface area contributed by atoms with E-state index in [-0.39, 0.29) is 24.5 Å². The molecule has 1 aromatic heterocycles. The molecule has 0 aliphatic carbocycles. The van der Waals surface area contributed by atoms with Gasteiger partial charge in [-0.3, -0.25) is 9.78 Å². The number of carbonyl (C=O) groups excluding carboxylic acids is 1. The Morgan fingerprint density at radius 3 is 2.81 bits per heavy atom. The molecular weight excluding hydrogens is 319 g/mol. The minimum Gasteiger partial charge on any atom is -0.396 e. The van der Waals surface area contributed by atoms with Gasteiger partial charge in [-0.15, -0.1) is 0 Å². The molecule has 0 saturated heterocycles. The van der Waals surface area contributed by atoms with Gasteiger partial charge in [0.1, 0.15) is 0 Å². The second-order valence-electron chi connectivity index (χ2n) is 3.81. The van der Waals surface area contributed by atoms with Crippen molar-refractivity contribution in [3.8, 4) is 0 Å². The zero-order valence-electron chi connectivity index (χ0n) is 9.27. The van der Waals surface area contributed by atoms with E-state index in [4.69, 9.17) is 5.11 Å². The molecule has 1 heterocycles. The Kier molecular flexibility index (Phi) is 5.14. The quantitative estimate of drug-likeness (QED) is 0.819. The lowest BCUT2D eigenvalue weighted by atomic mass is 10.0. The summed E-state index contributed by atoms with van der Waals surface area (Å²) in [5.41, 5.74) is 0.545. The molecule has 1 rings (SSSR count). The third-order valence-electron chi connectivity index (χ3n) is 2.47. The van der Waals surface area contributed by atoms with E-state index >= 15 is 0 Å². The molecule has 2 atom stereocenters. The molecule has 5 heteroatoms. The summed E-state index contributed by atoms with van der Waals surface area (Å²) in [6, 6.07) is 1.72. The maximum Gasteiger partial charge on any atom is 0.253 e. The van der Waals surface area contributed by atoms with Crippen LogP contribution in [0, 0.1) is 9.49 Å². The highest BCUT2D eigenvalue weighted by Crippen LogP contribution is 2.07. The first-order chi connectivity index (χ1) is 7.54. The number of halogens is 1. The highest BCUT2D eigenvalue weighted by atomic mass is 127. The highest BCUT2D eigenvalue weighted by Gasteiger charge is 2.15.